The van der Waals surface area contributed by atoms with E-state index < -0.39 is 11.5 Å². The highest BCUT2D eigenvalue weighted by molar-refractivity contribution is 6.36. The van der Waals surface area contributed by atoms with E-state index in [0.717, 1.165) is 64.5 Å². The second kappa shape index (κ2) is 12.8. The molecule has 2 heterocycles. The third kappa shape index (κ3) is 6.06. The number of aromatic nitrogens is 4. The van der Waals surface area contributed by atoms with Crippen molar-refractivity contribution >= 4 is 23.2 Å². The van der Waals surface area contributed by atoms with Crippen LogP contribution in [0.15, 0.2) is 59.7 Å². The van der Waals surface area contributed by atoms with Gasteiger partial charge in [-0.15, -0.1) is 0 Å². The maximum Gasteiger partial charge on any atom is 0.298 e. The van der Waals surface area contributed by atoms with Crippen LogP contribution in [0.4, 0.5) is 5.69 Å². The minimum absolute atomic E-state index is 0.0596. The van der Waals surface area contributed by atoms with E-state index in [0.29, 0.717) is 28.8 Å². The fourth-order valence-corrected chi connectivity index (χ4v) is 5.61. The van der Waals surface area contributed by atoms with Crippen molar-refractivity contribution in [3.8, 4) is 28.3 Å². The number of rotatable bonds is 8. The highest BCUT2D eigenvalue weighted by Crippen LogP contribution is 2.39. The van der Waals surface area contributed by atoms with Crippen LogP contribution in [0, 0.1) is 6.92 Å². The van der Waals surface area contributed by atoms with Crippen molar-refractivity contribution in [3.05, 3.63) is 87.1 Å². The molecule has 3 N–H and O–H groups in total. The third-order valence-corrected chi connectivity index (χ3v) is 8.09. The Morgan fingerprint density at radius 3 is 2.62 bits per heavy atom. The predicted molar refractivity (Wildman–Crippen MR) is 162 cm³/mol. The number of aliphatic hydroxyl groups excluding tert-OH is 1. The number of aryl methyl sites for hydroxylation is 1. The molecular weight excluding hydrogens is 556 g/mol. The Balaban J connectivity index is 1.41. The Morgan fingerprint density at radius 1 is 1.10 bits per heavy atom. The van der Waals surface area contributed by atoms with Crippen molar-refractivity contribution in [1.82, 2.24) is 25.1 Å². The Bertz CT molecular complexity index is 1670. The number of nitrogens with one attached hydrogen (secondary N) is 2. The number of aliphatic hydroxyl groups is 1. The van der Waals surface area contributed by atoms with Crippen LogP contribution in [-0.2, 0) is 13.6 Å². The summed E-state index contributed by atoms with van der Waals surface area (Å²) in [5, 5.41) is 20.8. The standard InChI is InChI=1S/C31H33ClN6O4/c1-18-20(8-7-12-23(18)36-29(40)28-31(41)38(2)35-17-34-28)21-9-6-10-22(27(21)32)24-15-14-19(30(37-24)42-3)16-33-25-11-4-5-13-26(25)39/h6-10,12,14-15,17,25-26,33,39H,4-5,11,13,16H2,1-3H3,(H,36,40)/t25-,26-/m1/s1. The topological polar surface area (TPSA) is 131 Å². The molecule has 2 aromatic heterocycles. The first kappa shape index (κ1) is 29.4. The van der Waals surface area contributed by atoms with Crippen molar-refractivity contribution in [2.24, 2.45) is 7.05 Å². The average Bonchev–Trinajstić information content (AvgIpc) is 2.99. The summed E-state index contributed by atoms with van der Waals surface area (Å²) in [7, 11) is 3.04. The van der Waals surface area contributed by atoms with Gasteiger partial charge in [-0.3, -0.25) is 9.59 Å². The number of ether oxygens (including phenoxy) is 1. The first-order chi connectivity index (χ1) is 20.3. The second-order valence-electron chi connectivity index (χ2n) is 10.3. The van der Waals surface area contributed by atoms with Gasteiger partial charge >= 0.3 is 0 Å². The van der Waals surface area contributed by atoms with Gasteiger partial charge < -0.3 is 20.5 Å². The largest absolute Gasteiger partial charge is 0.481 e. The number of carbonyl (C=O) groups excluding carboxylic acids is 1. The molecular formula is C31H33ClN6O4. The first-order valence-electron chi connectivity index (χ1n) is 13.8. The number of amides is 1. The molecule has 1 aliphatic rings. The number of hydrogen-bond acceptors (Lipinski definition) is 8. The fourth-order valence-electron chi connectivity index (χ4n) is 5.28. The summed E-state index contributed by atoms with van der Waals surface area (Å²) in [5.41, 5.74) is 4.32. The maximum atomic E-state index is 12.9. The van der Waals surface area contributed by atoms with E-state index in [2.05, 4.69) is 20.7 Å². The van der Waals surface area contributed by atoms with Gasteiger partial charge in [-0.05, 0) is 43.0 Å². The lowest BCUT2D eigenvalue weighted by molar-refractivity contribution is 0.0901. The van der Waals surface area contributed by atoms with Crippen LogP contribution in [0.5, 0.6) is 5.88 Å². The summed E-state index contributed by atoms with van der Waals surface area (Å²) in [6.07, 6.45) is 4.75. The molecule has 5 rings (SSSR count). The predicted octanol–water partition coefficient (Wildman–Crippen LogP) is 4.52. The number of methoxy groups -OCH3 is 1. The zero-order chi connectivity index (χ0) is 29.8. The van der Waals surface area contributed by atoms with E-state index in [9.17, 15) is 14.7 Å². The zero-order valence-electron chi connectivity index (χ0n) is 23.7. The van der Waals surface area contributed by atoms with Crippen molar-refractivity contribution in [2.75, 3.05) is 12.4 Å². The summed E-state index contributed by atoms with van der Waals surface area (Å²) in [6.45, 7) is 2.41. The molecule has 4 aromatic rings. The summed E-state index contributed by atoms with van der Waals surface area (Å²) < 4.78 is 6.68. The van der Waals surface area contributed by atoms with Crippen LogP contribution in [-0.4, -0.2) is 50.0 Å². The molecule has 10 nitrogen and oxygen atoms in total. The van der Waals surface area contributed by atoms with Gasteiger partial charge in [-0.2, -0.15) is 5.10 Å². The summed E-state index contributed by atoms with van der Waals surface area (Å²) in [6, 6.07) is 15.1. The second-order valence-corrected chi connectivity index (χ2v) is 10.7. The smallest absolute Gasteiger partial charge is 0.298 e. The molecule has 1 aliphatic carbocycles. The number of nitrogens with zero attached hydrogens (tertiary/aromatic N) is 4. The number of hydrogen-bond donors (Lipinski definition) is 3. The van der Waals surface area contributed by atoms with Crippen LogP contribution < -0.4 is 20.9 Å². The van der Waals surface area contributed by atoms with Crippen molar-refractivity contribution < 1.29 is 14.6 Å². The lowest BCUT2D eigenvalue weighted by Crippen LogP contribution is -2.41. The third-order valence-electron chi connectivity index (χ3n) is 7.69. The zero-order valence-corrected chi connectivity index (χ0v) is 24.5. The van der Waals surface area contributed by atoms with Crippen LogP contribution in [0.2, 0.25) is 5.02 Å². The molecule has 42 heavy (non-hydrogen) atoms. The number of pyridine rings is 1. The Morgan fingerprint density at radius 2 is 1.83 bits per heavy atom. The Hall–Kier alpha value is -4.12. The first-order valence-corrected chi connectivity index (χ1v) is 14.2. The molecule has 0 radical (unpaired) electrons. The minimum Gasteiger partial charge on any atom is -0.481 e. The monoisotopic (exact) mass is 588 g/mol. The van der Waals surface area contributed by atoms with Gasteiger partial charge in [0.05, 0.1) is 23.9 Å². The number of carbonyl (C=O) groups is 1. The Labute approximate surface area is 248 Å². The van der Waals surface area contributed by atoms with Crippen molar-refractivity contribution in [1.29, 1.82) is 0 Å². The lowest BCUT2D eigenvalue weighted by Gasteiger charge is -2.28. The Kier molecular flexibility index (Phi) is 8.96. The van der Waals surface area contributed by atoms with Gasteiger partial charge in [-0.1, -0.05) is 60.8 Å². The summed E-state index contributed by atoms with van der Waals surface area (Å²) in [5.74, 6) is -0.134. The van der Waals surface area contributed by atoms with Gasteiger partial charge in [0.2, 0.25) is 5.88 Å². The fraction of sp³-hybridized carbons (Fsp3) is 0.323. The van der Waals surface area contributed by atoms with Crippen LogP contribution in [0.1, 0.15) is 47.3 Å². The molecule has 0 saturated heterocycles. The van der Waals surface area contributed by atoms with Crippen LogP contribution >= 0.6 is 11.6 Å². The number of benzene rings is 2. The van der Waals surface area contributed by atoms with E-state index in [-0.39, 0.29) is 17.8 Å². The van der Waals surface area contributed by atoms with Crippen molar-refractivity contribution in [2.45, 2.75) is 51.3 Å². The number of anilines is 1. The molecule has 0 bridgehead atoms. The molecule has 1 saturated carbocycles. The number of halogens is 1. The molecule has 0 unspecified atom stereocenters. The van der Waals surface area contributed by atoms with Crippen LogP contribution in [0.25, 0.3) is 22.4 Å². The van der Waals surface area contributed by atoms with Gasteiger partial charge in [0, 0.05) is 42.0 Å². The molecule has 11 heteroatoms. The van der Waals surface area contributed by atoms with Crippen molar-refractivity contribution in [3.63, 3.8) is 0 Å². The van der Waals surface area contributed by atoms with Crippen LogP contribution in [0.3, 0.4) is 0 Å². The molecule has 2 atom stereocenters. The van der Waals surface area contributed by atoms with Gasteiger partial charge in [0.15, 0.2) is 5.69 Å². The molecule has 0 spiro atoms. The molecule has 218 valence electrons. The molecule has 1 amide bonds. The molecule has 2 aromatic carbocycles. The highest BCUT2D eigenvalue weighted by Gasteiger charge is 2.23. The van der Waals surface area contributed by atoms with E-state index in [1.165, 1.54) is 7.05 Å². The van der Waals surface area contributed by atoms with E-state index in [4.69, 9.17) is 21.3 Å². The molecule has 0 aliphatic heterocycles. The lowest BCUT2D eigenvalue weighted by atomic mass is 9.92. The highest BCUT2D eigenvalue weighted by atomic mass is 35.5. The van der Waals surface area contributed by atoms with E-state index in [1.54, 1.807) is 13.2 Å². The SMILES string of the molecule is COc1nc(-c2cccc(-c3cccc(NC(=O)c4ncnn(C)c4=O)c3C)c2Cl)ccc1CN[C@@H]1CCCC[C@H]1O. The van der Waals surface area contributed by atoms with E-state index in [1.807, 2.05) is 49.4 Å². The van der Waals surface area contributed by atoms with Gasteiger partial charge in [0.25, 0.3) is 11.5 Å². The summed E-state index contributed by atoms with van der Waals surface area (Å²) >= 11 is 6.99. The minimum atomic E-state index is -0.623. The maximum absolute atomic E-state index is 12.9. The molecule has 1 fully saturated rings. The summed E-state index contributed by atoms with van der Waals surface area (Å²) in [4.78, 5) is 33.8. The normalized spacial score (nSPS) is 16.7. The van der Waals surface area contributed by atoms with Gasteiger partial charge in [0.1, 0.15) is 6.33 Å². The van der Waals surface area contributed by atoms with E-state index >= 15 is 0 Å². The average molecular weight is 589 g/mol. The van der Waals surface area contributed by atoms with Gasteiger partial charge in [-0.25, -0.2) is 14.6 Å². The quantitative estimate of drug-likeness (QED) is 0.274.